The van der Waals surface area contributed by atoms with Crippen LogP contribution in [0, 0.1) is 11.7 Å². The molecule has 0 unspecified atom stereocenters. The lowest BCUT2D eigenvalue weighted by Crippen LogP contribution is -2.52. The maximum atomic E-state index is 13.9. The minimum atomic E-state index is -3.18. The van der Waals surface area contributed by atoms with Crippen LogP contribution in [0.3, 0.4) is 0 Å². The molecule has 2 saturated heterocycles. The highest BCUT2D eigenvalue weighted by molar-refractivity contribution is 7.89. The van der Waals surface area contributed by atoms with E-state index in [1.54, 1.807) is 12.1 Å². The summed E-state index contributed by atoms with van der Waals surface area (Å²) in [4.78, 5) is 16.6. The highest BCUT2D eigenvalue weighted by atomic mass is 32.2. The van der Waals surface area contributed by atoms with E-state index in [1.165, 1.54) is 10.4 Å². The van der Waals surface area contributed by atoms with Gasteiger partial charge in [0.15, 0.2) is 0 Å². The lowest BCUT2D eigenvalue weighted by atomic mass is 9.96. The fraction of sp³-hybridized carbons (Fsp3) is 0.632. The van der Waals surface area contributed by atoms with Gasteiger partial charge in [-0.3, -0.25) is 4.79 Å². The zero-order valence-corrected chi connectivity index (χ0v) is 16.6. The van der Waals surface area contributed by atoms with Crippen molar-refractivity contribution in [2.24, 2.45) is 5.92 Å². The molecule has 0 bridgehead atoms. The summed E-state index contributed by atoms with van der Waals surface area (Å²) in [5, 5.41) is 0. The van der Waals surface area contributed by atoms with Crippen LogP contribution in [0.25, 0.3) is 0 Å². The number of anilines is 1. The Morgan fingerprint density at radius 1 is 1.07 bits per heavy atom. The number of hydrogen-bond acceptors (Lipinski definition) is 4. The Hall–Kier alpha value is -1.67. The number of benzene rings is 1. The Kier molecular flexibility index (Phi) is 6.37. The van der Waals surface area contributed by atoms with Gasteiger partial charge in [-0.2, -0.15) is 0 Å². The van der Waals surface area contributed by atoms with Crippen molar-refractivity contribution in [2.45, 2.75) is 26.2 Å². The fourth-order valence-corrected chi connectivity index (χ4v) is 5.44. The number of piperazine rings is 1. The molecule has 1 aromatic rings. The second-order valence-corrected chi connectivity index (χ2v) is 9.34. The van der Waals surface area contributed by atoms with Gasteiger partial charge in [-0.1, -0.05) is 19.1 Å². The second-order valence-electron chi connectivity index (χ2n) is 7.25. The van der Waals surface area contributed by atoms with Crippen molar-refractivity contribution in [3.05, 3.63) is 30.1 Å². The smallest absolute Gasteiger partial charge is 0.225 e. The number of nitrogens with zero attached hydrogens (tertiary/aromatic N) is 3. The van der Waals surface area contributed by atoms with E-state index >= 15 is 0 Å². The molecule has 2 aliphatic rings. The molecule has 0 aliphatic carbocycles. The normalized spacial score (nSPS) is 20.1. The molecule has 0 radical (unpaired) electrons. The van der Waals surface area contributed by atoms with Gasteiger partial charge in [-0.25, -0.2) is 17.1 Å². The Morgan fingerprint density at radius 3 is 2.30 bits per heavy atom. The van der Waals surface area contributed by atoms with Crippen molar-refractivity contribution >= 4 is 21.6 Å². The maximum Gasteiger partial charge on any atom is 0.225 e. The predicted octanol–water partition coefficient (Wildman–Crippen LogP) is 1.93. The summed E-state index contributed by atoms with van der Waals surface area (Å²) in [6.07, 6.45) is 1.76. The first-order valence-electron chi connectivity index (χ1n) is 9.68. The molecule has 2 heterocycles. The van der Waals surface area contributed by atoms with E-state index in [0.29, 0.717) is 64.2 Å². The molecule has 27 heavy (non-hydrogen) atoms. The van der Waals surface area contributed by atoms with Crippen LogP contribution in [-0.4, -0.2) is 68.6 Å². The standard InChI is InChI=1S/C19H28FN3O3S/c1-2-15-27(25,26)23-9-7-16(8-10-23)19(24)22-13-11-21(12-14-22)18-6-4-3-5-17(18)20/h3-6,16H,2,7-15H2,1H3. The van der Waals surface area contributed by atoms with Crippen LogP contribution in [-0.2, 0) is 14.8 Å². The number of carbonyl (C=O) groups is 1. The highest BCUT2D eigenvalue weighted by Gasteiger charge is 2.33. The maximum absolute atomic E-state index is 13.9. The summed E-state index contributed by atoms with van der Waals surface area (Å²) in [6.45, 7) is 5.06. The Bertz CT molecular complexity index is 755. The Balaban J connectivity index is 1.51. The van der Waals surface area contributed by atoms with Crippen LogP contribution in [0.15, 0.2) is 24.3 Å². The first-order valence-corrected chi connectivity index (χ1v) is 11.3. The molecule has 2 fully saturated rings. The third-order valence-corrected chi connectivity index (χ3v) is 7.52. The molecule has 0 atom stereocenters. The number of amides is 1. The number of rotatable bonds is 5. The van der Waals surface area contributed by atoms with Crippen LogP contribution < -0.4 is 4.90 Å². The first kappa shape index (κ1) is 20.1. The molecule has 6 nitrogen and oxygen atoms in total. The van der Waals surface area contributed by atoms with Gasteiger partial charge in [0, 0.05) is 45.2 Å². The number of halogens is 1. The molecule has 150 valence electrons. The molecule has 1 aromatic carbocycles. The van der Waals surface area contributed by atoms with Crippen LogP contribution in [0.4, 0.5) is 10.1 Å². The first-order chi connectivity index (χ1) is 12.9. The number of piperidine rings is 1. The van der Waals surface area contributed by atoms with Crippen molar-refractivity contribution in [2.75, 3.05) is 49.9 Å². The SMILES string of the molecule is CCCS(=O)(=O)N1CCC(C(=O)N2CCN(c3ccccc3F)CC2)CC1. The van der Waals surface area contributed by atoms with Crippen molar-refractivity contribution in [3.63, 3.8) is 0 Å². The van der Waals surface area contributed by atoms with Crippen LogP contribution in [0.1, 0.15) is 26.2 Å². The molecule has 0 aromatic heterocycles. The summed E-state index contributed by atoms with van der Waals surface area (Å²) in [5.74, 6) is -0.0735. The number of hydrogen-bond donors (Lipinski definition) is 0. The van der Waals surface area contributed by atoms with Gasteiger partial charge in [0.2, 0.25) is 15.9 Å². The average Bonchev–Trinajstić information content (AvgIpc) is 2.68. The molecule has 1 amide bonds. The number of sulfonamides is 1. The molecular formula is C19H28FN3O3S. The topological polar surface area (TPSA) is 60.9 Å². The van der Waals surface area contributed by atoms with Crippen molar-refractivity contribution < 1.29 is 17.6 Å². The molecule has 8 heteroatoms. The van der Waals surface area contributed by atoms with Gasteiger partial charge >= 0.3 is 0 Å². The van der Waals surface area contributed by atoms with E-state index in [-0.39, 0.29) is 23.4 Å². The second kappa shape index (κ2) is 8.56. The van der Waals surface area contributed by atoms with Crippen molar-refractivity contribution in [1.82, 2.24) is 9.21 Å². The van der Waals surface area contributed by atoms with Crippen LogP contribution >= 0.6 is 0 Å². The third-order valence-electron chi connectivity index (χ3n) is 5.44. The van der Waals surface area contributed by atoms with E-state index in [0.717, 1.165) is 0 Å². The molecular weight excluding hydrogens is 369 g/mol. The summed E-state index contributed by atoms with van der Waals surface area (Å²) < 4.78 is 39.8. The predicted molar refractivity (Wildman–Crippen MR) is 104 cm³/mol. The van der Waals surface area contributed by atoms with E-state index in [1.807, 2.05) is 22.8 Å². The molecule has 3 rings (SSSR count). The number of para-hydroxylation sites is 1. The summed E-state index contributed by atoms with van der Waals surface area (Å²) in [6, 6.07) is 6.70. The highest BCUT2D eigenvalue weighted by Crippen LogP contribution is 2.24. The van der Waals surface area contributed by atoms with Gasteiger partial charge in [-0.05, 0) is 31.4 Å². The van der Waals surface area contributed by atoms with Crippen molar-refractivity contribution in [3.8, 4) is 0 Å². The van der Waals surface area contributed by atoms with Crippen LogP contribution in [0.5, 0.6) is 0 Å². The van der Waals surface area contributed by atoms with E-state index in [9.17, 15) is 17.6 Å². The molecule has 2 aliphatic heterocycles. The summed E-state index contributed by atoms with van der Waals surface area (Å²) >= 11 is 0. The Labute approximate surface area is 161 Å². The third kappa shape index (κ3) is 4.60. The zero-order chi connectivity index (χ0) is 19.4. The van der Waals surface area contributed by atoms with Crippen molar-refractivity contribution in [1.29, 1.82) is 0 Å². The lowest BCUT2D eigenvalue weighted by Gasteiger charge is -2.39. The number of carbonyl (C=O) groups excluding carboxylic acids is 1. The average molecular weight is 398 g/mol. The molecule has 0 spiro atoms. The van der Waals surface area contributed by atoms with Gasteiger partial charge in [0.25, 0.3) is 0 Å². The van der Waals surface area contributed by atoms with Gasteiger partial charge in [-0.15, -0.1) is 0 Å². The summed E-state index contributed by atoms with van der Waals surface area (Å²) in [7, 11) is -3.18. The quantitative estimate of drug-likeness (QED) is 0.762. The zero-order valence-electron chi connectivity index (χ0n) is 15.8. The van der Waals surface area contributed by atoms with Crippen LogP contribution in [0.2, 0.25) is 0 Å². The van der Waals surface area contributed by atoms with Gasteiger partial charge in [0.05, 0.1) is 11.4 Å². The Morgan fingerprint density at radius 2 is 1.70 bits per heavy atom. The minimum Gasteiger partial charge on any atom is -0.366 e. The summed E-state index contributed by atoms with van der Waals surface area (Å²) in [5.41, 5.74) is 0.582. The molecule has 0 N–H and O–H groups in total. The van der Waals surface area contributed by atoms with Gasteiger partial charge in [0.1, 0.15) is 5.82 Å². The molecule has 0 saturated carbocycles. The van der Waals surface area contributed by atoms with E-state index in [2.05, 4.69) is 0 Å². The van der Waals surface area contributed by atoms with E-state index in [4.69, 9.17) is 0 Å². The lowest BCUT2D eigenvalue weighted by molar-refractivity contribution is -0.137. The van der Waals surface area contributed by atoms with Gasteiger partial charge < -0.3 is 9.80 Å². The largest absolute Gasteiger partial charge is 0.366 e. The fourth-order valence-electron chi connectivity index (χ4n) is 3.90. The monoisotopic (exact) mass is 397 g/mol. The minimum absolute atomic E-state index is 0.107. The van der Waals surface area contributed by atoms with E-state index < -0.39 is 10.0 Å².